The van der Waals surface area contributed by atoms with Gasteiger partial charge in [-0.3, -0.25) is 14.8 Å². The van der Waals surface area contributed by atoms with E-state index in [2.05, 4.69) is 20.2 Å². The first-order chi connectivity index (χ1) is 12.8. The van der Waals surface area contributed by atoms with E-state index in [-0.39, 0.29) is 21.7 Å². The highest BCUT2D eigenvalue weighted by Crippen LogP contribution is 2.23. The van der Waals surface area contributed by atoms with Gasteiger partial charge in [-0.15, -0.1) is 10.2 Å². The van der Waals surface area contributed by atoms with E-state index >= 15 is 0 Å². The number of hydrogen-bond acceptors (Lipinski definition) is 6. The molecule has 10 heteroatoms. The van der Waals surface area contributed by atoms with Crippen LogP contribution in [-0.4, -0.2) is 24.5 Å². The Kier molecular flexibility index (Phi) is 5.19. The van der Waals surface area contributed by atoms with E-state index < -0.39 is 21.7 Å². The van der Waals surface area contributed by atoms with Crippen LogP contribution < -0.4 is 10.0 Å². The van der Waals surface area contributed by atoms with E-state index in [1.54, 1.807) is 19.1 Å². The van der Waals surface area contributed by atoms with Gasteiger partial charge in [0.2, 0.25) is 5.13 Å². The minimum atomic E-state index is -4.00. The zero-order valence-electron chi connectivity index (χ0n) is 14.4. The fourth-order valence-electron chi connectivity index (χ4n) is 2.27. The van der Waals surface area contributed by atoms with Gasteiger partial charge >= 0.3 is 0 Å². The second kappa shape index (κ2) is 7.41. The molecular weight excluding hydrogens is 391 g/mol. The number of nitrogens with one attached hydrogen (secondary N) is 2. The van der Waals surface area contributed by atoms with Gasteiger partial charge in [0, 0.05) is 0 Å². The van der Waals surface area contributed by atoms with Crippen LogP contribution in [0.25, 0.3) is 0 Å². The number of anilines is 2. The summed E-state index contributed by atoms with van der Waals surface area (Å²) in [5.74, 6) is -1.03. The number of rotatable bonds is 5. The van der Waals surface area contributed by atoms with Crippen molar-refractivity contribution in [3.05, 3.63) is 64.4 Å². The van der Waals surface area contributed by atoms with Gasteiger partial charge in [-0.2, -0.15) is 0 Å². The van der Waals surface area contributed by atoms with Crippen molar-refractivity contribution >= 4 is 38.1 Å². The number of aryl methyl sites for hydroxylation is 2. The molecule has 0 bridgehead atoms. The molecule has 1 aromatic heterocycles. The van der Waals surface area contributed by atoms with Crippen molar-refractivity contribution in [2.24, 2.45) is 0 Å². The van der Waals surface area contributed by atoms with Crippen molar-refractivity contribution in [1.82, 2.24) is 10.2 Å². The van der Waals surface area contributed by atoms with E-state index in [1.165, 1.54) is 36.5 Å². The quantitative estimate of drug-likeness (QED) is 0.677. The maximum atomic E-state index is 13.4. The van der Waals surface area contributed by atoms with Gasteiger partial charge in [0.15, 0.2) is 0 Å². The van der Waals surface area contributed by atoms with Crippen molar-refractivity contribution < 1.29 is 17.6 Å². The maximum absolute atomic E-state index is 13.4. The molecule has 3 aromatic rings. The second-order valence-electron chi connectivity index (χ2n) is 5.64. The van der Waals surface area contributed by atoms with Crippen LogP contribution in [0.2, 0.25) is 0 Å². The summed E-state index contributed by atoms with van der Waals surface area (Å²) in [7, 11) is -4.00. The smallest absolute Gasteiger partial charge is 0.261 e. The minimum absolute atomic E-state index is 0.0956. The Balaban J connectivity index is 1.89. The third-order valence-corrected chi connectivity index (χ3v) is 5.72. The van der Waals surface area contributed by atoms with Crippen LogP contribution in [-0.2, 0) is 10.0 Å². The number of para-hydroxylation sites is 1. The van der Waals surface area contributed by atoms with Crippen LogP contribution in [0, 0.1) is 19.7 Å². The lowest BCUT2D eigenvalue weighted by molar-refractivity contribution is 0.102. The molecule has 1 heterocycles. The molecule has 2 N–H and O–H groups in total. The van der Waals surface area contributed by atoms with Crippen LogP contribution >= 0.6 is 11.3 Å². The van der Waals surface area contributed by atoms with E-state index in [0.29, 0.717) is 10.1 Å². The fraction of sp³-hybridized carbons (Fsp3) is 0.118. The summed E-state index contributed by atoms with van der Waals surface area (Å²) >= 11 is 1.20. The lowest BCUT2D eigenvalue weighted by Crippen LogP contribution is -2.18. The van der Waals surface area contributed by atoms with Crippen molar-refractivity contribution in [3.8, 4) is 0 Å². The summed E-state index contributed by atoms with van der Waals surface area (Å²) in [6.07, 6.45) is 0. The van der Waals surface area contributed by atoms with E-state index in [0.717, 1.165) is 12.1 Å². The topological polar surface area (TPSA) is 101 Å². The molecule has 0 aliphatic rings. The first kappa shape index (κ1) is 18.9. The molecule has 0 radical (unpaired) electrons. The number of amides is 1. The number of carbonyl (C=O) groups excluding carboxylic acids is 1. The van der Waals surface area contributed by atoms with Gasteiger partial charge in [-0.05, 0) is 49.7 Å². The van der Waals surface area contributed by atoms with E-state index in [4.69, 9.17) is 0 Å². The number of sulfonamides is 1. The zero-order chi connectivity index (χ0) is 19.6. The molecule has 7 nitrogen and oxygen atoms in total. The first-order valence-corrected chi connectivity index (χ1v) is 10.1. The summed E-state index contributed by atoms with van der Waals surface area (Å²) in [5.41, 5.74) is 0.418. The number of nitrogens with zero attached hydrogens (tertiary/aromatic N) is 2. The van der Waals surface area contributed by atoms with E-state index in [1.807, 2.05) is 0 Å². The largest absolute Gasteiger partial charge is 0.296 e. The fourth-order valence-corrected chi connectivity index (χ4v) is 4.02. The molecule has 0 spiro atoms. The Morgan fingerprint density at radius 1 is 1.11 bits per heavy atom. The lowest BCUT2D eigenvalue weighted by Gasteiger charge is -2.12. The van der Waals surface area contributed by atoms with Gasteiger partial charge in [0.05, 0.1) is 16.1 Å². The molecule has 2 aromatic carbocycles. The number of carbonyl (C=O) groups is 1. The Morgan fingerprint density at radius 2 is 1.85 bits per heavy atom. The summed E-state index contributed by atoms with van der Waals surface area (Å²) in [5, 5.41) is 11.2. The molecule has 3 rings (SSSR count). The summed E-state index contributed by atoms with van der Waals surface area (Å²) in [6, 6.07) is 9.63. The molecule has 0 unspecified atom stereocenters. The molecule has 0 saturated carbocycles. The zero-order valence-corrected chi connectivity index (χ0v) is 16.0. The molecule has 0 aliphatic heterocycles. The van der Waals surface area contributed by atoms with Crippen LogP contribution in [0.4, 0.5) is 15.2 Å². The predicted molar refractivity (Wildman–Crippen MR) is 101 cm³/mol. The third kappa shape index (κ3) is 4.29. The van der Waals surface area contributed by atoms with Crippen molar-refractivity contribution in [3.63, 3.8) is 0 Å². The monoisotopic (exact) mass is 406 g/mol. The van der Waals surface area contributed by atoms with Crippen LogP contribution in [0.3, 0.4) is 0 Å². The molecule has 0 fully saturated rings. The first-order valence-electron chi connectivity index (χ1n) is 7.76. The average molecular weight is 406 g/mol. The minimum Gasteiger partial charge on any atom is -0.296 e. The standard InChI is InChI=1S/C17H15FN4O3S2/c1-10-9-12(7-8-14(10)18)27(24,25)22-15-6-4-3-5-13(15)16(23)19-17-21-20-11(2)26-17/h3-9,22H,1-2H3,(H,19,21,23). The summed E-state index contributed by atoms with van der Waals surface area (Å²) < 4.78 is 41.0. The molecule has 0 saturated heterocycles. The second-order valence-corrected chi connectivity index (χ2v) is 8.51. The van der Waals surface area contributed by atoms with Gasteiger partial charge in [0.1, 0.15) is 10.8 Å². The predicted octanol–water partition coefficient (Wildman–Crippen LogP) is 3.35. The van der Waals surface area contributed by atoms with Gasteiger partial charge in [-0.25, -0.2) is 12.8 Å². The number of benzene rings is 2. The molecular formula is C17H15FN4O3S2. The van der Waals surface area contributed by atoms with Gasteiger partial charge in [0.25, 0.3) is 15.9 Å². The Labute approximate surface area is 159 Å². The Bertz CT molecular complexity index is 1110. The van der Waals surface area contributed by atoms with Crippen LogP contribution in [0.15, 0.2) is 47.4 Å². The van der Waals surface area contributed by atoms with Crippen molar-refractivity contribution in [2.45, 2.75) is 18.7 Å². The third-order valence-electron chi connectivity index (χ3n) is 3.60. The van der Waals surface area contributed by atoms with E-state index in [9.17, 15) is 17.6 Å². The SMILES string of the molecule is Cc1nnc(NC(=O)c2ccccc2NS(=O)(=O)c2ccc(F)c(C)c2)s1. The van der Waals surface area contributed by atoms with Gasteiger partial charge in [-0.1, -0.05) is 23.5 Å². The van der Waals surface area contributed by atoms with Crippen molar-refractivity contribution in [2.75, 3.05) is 10.0 Å². The van der Waals surface area contributed by atoms with Crippen LogP contribution in [0.5, 0.6) is 0 Å². The lowest BCUT2D eigenvalue weighted by atomic mass is 10.2. The van der Waals surface area contributed by atoms with Crippen molar-refractivity contribution in [1.29, 1.82) is 0 Å². The van der Waals surface area contributed by atoms with Crippen LogP contribution in [0.1, 0.15) is 20.9 Å². The summed E-state index contributed by atoms with van der Waals surface area (Å²) in [6.45, 7) is 3.22. The normalized spacial score (nSPS) is 11.2. The molecule has 0 aliphatic carbocycles. The summed E-state index contributed by atoms with van der Waals surface area (Å²) in [4.78, 5) is 12.4. The average Bonchev–Trinajstić information content (AvgIpc) is 3.02. The maximum Gasteiger partial charge on any atom is 0.261 e. The highest BCUT2D eigenvalue weighted by atomic mass is 32.2. The molecule has 1 amide bonds. The highest BCUT2D eigenvalue weighted by Gasteiger charge is 2.20. The number of hydrogen-bond donors (Lipinski definition) is 2. The Hall–Kier alpha value is -2.85. The Morgan fingerprint density at radius 3 is 2.52 bits per heavy atom. The molecule has 140 valence electrons. The highest BCUT2D eigenvalue weighted by molar-refractivity contribution is 7.92. The number of aromatic nitrogens is 2. The molecule has 27 heavy (non-hydrogen) atoms. The number of halogens is 1. The van der Waals surface area contributed by atoms with Gasteiger partial charge < -0.3 is 0 Å². The molecule has 0 atom stereocenters.